The lowest BCUT2D eigenvalue weighted by atomic mass is 9.75. The number of aliphatic hydroxyl groups is 1. The first kappa shape index (κ1) is 17.6. The number of Topliss-reactive ketones (excluding diaryl/α,β-unsaturated/α-hetero) is 2. The predicted octanol–water partition coefficient (Wildman–Crippen LogP) is 3.14. The van der Waals surface area contributed by atoms with Crippen molar-refractivity contribution in [2.24, 2.45) is 11.3 Å². The summed E-state index contributed by atoms with van der Waals surface area (Å²) in [7, 11) is 0. The molecule has 3 rings (SSSR count). The van der Waals surface area contributed by atoms with Gasteiger partial charge in [0.25, 0.3) is 0 Å². The van der Waals surface area contributed by atoms with Crippen LogP contribution < -0.4 is 0 Å². The summed E-state index contributed by atoms with van der Waals surface area (Å²) < 4.78 is 6.33. The first-order valence-electron chi connectivity index (χ1n) is 8.90. The van der Waals surface area contributed by atoms with Gasteiger partial charge in [-0.3, -0.25) is 9.59 Å². The van der Waals surface area contributed by atoms with Crippen molar-refractivity contribution >= 4 is 11.6 Å². The van der Waals surface area contributed by atoms with E-state index in [1.54, 1.807) is 13.0 Å². The van der Waals surface area contributed by atoms with Crippen LogP contribution in [-0.2, 0) is 14.3 Å². The fraction of sp³-hybridized carbons (Fsp3) is 0.700. The van der Waals surface area contributed by atoms with Gasteiger partial charge >= 0.3 is 0 Å². The number of allylic oxidation sites excluding steroid dienone is 1. The molecule has 1 fully saturated rings. The van der Waals surface area contributed by atoms with Crippen molar-refractivity contribution in [3.8, 4) is 0 Å². The summed E-state index contributed by atoms with van der Waals surface area (Å²) in [6.07, 6.45) is 6.48. The van der Waals surface area contributed by atoms with Gasteiger partial charge in [0.1, 0.15) is 0 Å². The van der Waals surface area contributed by atoms with Crippen LogP contribution in [0.5, 0.6) is 0 Å². The topological polar surface area (TPSA) is 63.6 Å². The highest BCUT2D eigenvalue weighted by Gasteiger charge is 2.51. The normalized spacial score (nSPS) is 42.2. The van der Waals surface area contributed by atoms with Crippen LogP contribution in [0.25, 0.3) is 0 Å². The fourth-order valence-corrected chi connectivity index (χ4v) is 4.30. The monoisotopic (exact) mass is 332 g/mol. The van der Waals surface area contributed by atoms with E-state index >= 15 is 0 Å². The van der Waals surface area contributed by atoms with Crippen molar-refractivity contribution in [3.05, 3.63) is 23.3 Å². The number of hydrogen-bond donors (Lipinski definition) is 1. The van der Waals surface area contributed by atoms with Gasteiger partial charge in [0, 0.05) is 11.5 Å². The van der Waals surface area contributed by atoms with Crippen molar-refractivity contribution in [2.45, 2.75) is 77.6 Å². The number of carbonyl (C=O) groups excluding carboxylic acids is 2. The Morgan fingerprint density at radius 2 is 1.79 bits per heavy atom. The molecule has 0 radical (unpaired) electrons. The van der Waals surface area contributed by atoms with Crippen LogP contribution in [0.15, 0.2) is 23.3 Å². The van der Waals surface area contributed by atoms with Crippen molar-refractivity contribution < 1.29 is 19.4 Å². The Labute approximate surface area is 144 Å². The number of rotatable bonds is 0. The fourth-order valence-electron chi connectivity index (χ4n) is 4.30. The Kier molecular flexibility index (Phi) is 3.93. The second-order valence-corrected chi connectivity index (χ2v) is 8.73. The molecular formula is C20H28O4. The molecular weight excluding hydrogens is 304 g/mol. The molecule has 0 spiro atoms. The molecule has 2 heterocycles. The Bertz CT molecular complexity index is 657. The van der Waals surface area contributed by atoms with Crippen LogP contribution in [-0.4, -0.2) is 34.0 Å². The minimum atomic E-state index is -1.81. The molecule has 0 aromatic carbocycles. The molecule has 3 aliphatic rings. The van der Waals surface area contributed by atoms with Gasteiger partial charge in [0.15, 0.2) is 17.2 Å². The SMILES string of the molecule is CC1=C[C@@]2(O)C(=O)[C@H](C)CCC(C)(C)[C@@H]3CC[C@@](C)(C=C2C1=O)O3. The molecule has 1 aliphatic carbocycles. The maximum Gasteiger partial charge on any atom is 0.188 e. The van der Waals surface area contributed by atoms with Crippen LogP contribution in [0.2, 0.25) is 0 Å². The molecule has 0 aromatic rings. The van der Waals surface area contributed by atoms with Crippen molar-refractivity contribution in [1.29, 1.82) is 0 Å². The van der Waals surface area contributed by atoms with Gasteiger partial charge < -0.3 is 9.84 Å². The summed E-state index contributed by atoms with van der Waals surface area (Å²) in [6, 6.07) is 0. The molecule has 0 unspecified atom stereocenters. The molecule has 24 heavy (non-hydrogen) atoms. The summed E-state index contributed by atoms with van der Waals surface area (Å²) in [5, 5.41) is 11.1. The highest BCUT2D eigenvalue weighted by atomic mass is 16.5. The van der Waals surface area contributed by atoms with Gasteiger partial charge in [-0.15, -0.1) is 0 Å². The summed E-state index contributed by atoms with van der Waals surface area (Å²) >= 11 is 0. The van der Waals surface area contributed by atoms with Gasteiger partial charge in [0.05, 0.1) is 11.7 Å². The molecule has 132 valence electrons. The lowest BCUT2D eigenvalue weighted by molar-refractivity contribution is -0.135. The number of ketones is 2. The van der Waals surface area contributed by atoms with Crippen LogP contribution in [0.3, 0.4) is 0 Å². The second kappa shape index (κ2) is 5.37. The van der Waals surface area contributed by atoms with Gasteiger partial charge in [0.2, 0.25) is 0 Å². The molecule has 2 bridgehead atoms. The Morgan fingerprint density at radius 1 is 1.12 bits per heavy atom. The quantitative estimate of drug-likeness (QED) is 0.740. The van der Waals surface area contributed by atoms with Crippen molar-refractivity contribution in [2.75, 3.05) is 0 Å². The minimum Gasteiger partial charge on any atom is -0.373 e. The van der Waals surface area contributed by atoms with Gasteiger partial charge in [-0.05, 0) is 62.7 Å². The van der Waals surface area contributed by atoms with E-state index in [2.05, 4.69) is 13.8 Å². The van der Waals surface area contributed by atoms with E-state index in [4.69, 9.17) is 4.74 Å². The molecule has 4 atom stereocenters. The van der Waals surface area contributed by atoms with E-state index in [9.17, 15) is 14.7 Å². The maximum absolute atomic E-state index is 13.0. The van der Waals surface area contributed by atoms with Crippen molar-refractivity contribution in [3.63, 3.8) is 0 Å². The standard InChI is InChI=1S/C20H28O4/c1-12-6-8-18(3,4)15-7-9-19(5,24-15)11-14-16(21)13(2)10-20(14,23)17(12)22/h10-12,15,23H,6-9H2,1-5H3/t12-,15+,19+,20+/m1/s1. The summed E-state index contributed by atoms with van der Waals surface area (Å²) in [5.74, 6) is -0.835. The smallest absolute Gasteiger partial charge is 0.188 e. The molecule has 4 heteroatoms. The van der Waals surface area contributed by atoms with Gasteiger partial charge in [-0.25, -0.2) is 0 Å². The van der Waals surface area contributed by atoms with E-state index < -0.39 is 11.2 Å². The second-order valence-electron chi connectivity index (χ2n) is 8.73. The first-order valence-corrected chi connectivity index (χ1v) is 8.90. The van der Waals surface area contributed by atoms with Crippen molar-refractivity contribution in [1.82, 2.24) is 0 Å². The first-order chi connectivity index (χ1) is 11.0. The van der Waals surface area contributed by atoms with Crippen LogP contribution in [0.4, 0.5) is 0 Å². The van der Waals surface area contributed by atoms with Crippen LogP contribution >= 0.6 is 0 Å². The molecule has 4 nitrogen and oxygen atoms in total. The number of fused-ring (bicyclic) bond motifs is 3. The zero-order valence-electron chi connectivity index (χ0n) is 15.3. The van der Waals surface area contributed by atoms with E-state index in [0.29, 0.717) is 12.0 Å². The maximum atomic E-state index is 13.0. The molecule has 0 saturated carbocycles. The largest absolute Gasteiger partial charge is 0.373 e. The number of hydrogen-bond acceptors (Lipinski definition) is 4. The predicted molar refractivity (Wildman–Crippen MR) is 91.5 cm³/mol. The zero-order valence-corrected chi connectivity index (χ0v) is 15.3. The summed E-state index contributed by atoms with van der Waals surface area (Å²) in [6.45, 7) is 9.80. The van der Waals surface area contributed by atoms with Gasteiger partial charge in [-0.2, -0.15) is 0 Å². The number of ether oxygens (including phenoxy) is 1. The van der Waals surface area contributed by atoms with Crippen LogP contribution in [0.1, 0.15) is 60.3 Å². The lowest BCUT2D eigenvalue weighted by Crippen LogP contribution is -2.42. The van der Waals surface area contributed by atoms with Crippen LogP contribution in [0, 0.1) is 11.3 Å². The average molecular weight is 332 g/mol. The van der Waals surface area contributed by atoms with E-state index in [0.717, 1.165) is 19.3 Å². The molecule has 1 saturated heterocycles. The Balaban J connectivity index is 2.12. The molecule has 2 aliphatic heterocycles. The minimum absolute atomic E-state index is 0.0390. The van der Waals surface area contributed by atoms with Gasteiger partial charge in [-0.1, -0.05) is 20.8 Å². The third-order valence-electron chi connectivity index (χ3n) is 6.12. The average Bonchev–Trinajstić information content (AvgIpc) is 2.99. The molecule has 1 N–H and O–H groups in total. The number of carbonyl (C=O) groups is 2. The Morgan fingerprint density at radius 3 is 2.46 bits per heavy atom. The zero-order chi connectivity index (χ0) is 17.9. The molecule has 0 aromatic heterocycles. The summed E-state index contributed by atoms with van der Waals surface area (Å²) in [5.41, 5.74) is -1.85. The third-order valence-corrected chi connectivity index (χ3v) is 6.12. The summed E-state index contributed by atoms with van der Waals surface area (Å²) in [4.78, 5) is 25.5. The highest BCUT2D eigenvalue weighted by Crippen LogP contribution is 2.46. The Hall–Kier alpha value is -1.26. The molecule has 0 amide bonds. The highest BCUT2D eigenvalue weighted by molar-refractivity contribution is 6.19. The van der Waals surface area contributed by atoms with E-state index in [1.165, 1.54) is 6.08 Å². The third kappa shape index (κ3) is 2.60. The van der Waals surface area contributed by atoms with E-state index in [1.807, 2.05) is 13.8 Å². The van der Waals surface area contributed by atoms with E-state index in [-0.39, 0.29) is 34.6 Å². The lowest BCUT2D eigenvalue weighted by Gasteiger charge is -2.33.